The monoisotopic (exact) mass is 297 g/mol. The highest BCUT2D eigenvalue weighted by atomic mass is 35.5. The van der Waals surface area contributed by atoms with E-state index in [1.54, 1.807) is 6.07 Å². The molecule has 0 unspecified atom stereocenters. The van der Waals surface area contributed by atoms with Crippen LogP contribution >= 0.6 is 11.6 Å². The Bertz CT molecular complexity index is 486. The van der Waals surface area contributed by atoms with Gasteiger partial charge in [0, 0.05) is 23.4 Å². The zero-order valence-corrected chi connectivity index (χ0v) is 12.5. The summed E-state index contributed by atoms with van der Waals surface area (Å²) in [6, 6.07) is 7.42. The number of rotatable bonds is 7. The highest BCUT2D eigenvalue weighted by molar-refractivity contribution is 6.31. The third kappa shape index (κ3) is 6.06. The van der Waals surface area contributed by atoms with Gasteiger partial charge in [-0.15, -0.1) is 0 Å². The molecule has 0 bridgehead atoms. The molecule has 1 rings (SSSR count). The van der Waals surface area contributed by atoms with Gasteiger partial charge in [0.05, 0.1) is 0 Å². The summed E-state index contributed by atoms with van der Waals surface area (Å²) in [5.41, 5.74) is 0.420. The molecule has 0 heterocycles. The van der Waals surface area contributed by atoms with E-state index in [9.17, 15) is 9.59 Å². The molecule has 0 aliphatic carbocycles. The molecule has 2 N–H and O–H groups in total. The van der Waals surface area contributed by atoms with Crippen molar-refractivity contribution >= 4 is 23.5 Å². The van der Waals surface area contributed by atoms with Crippen molar-refractivity contribution in [1.82, 2.24) is 5.32 Å². The minimum Gasteiger partial charge on any atom is -0.481 e. The number of carboxylic acid groups (broad SMARTS) is 1. The molecule has 20 heavy (non-hydrogen) atoms. The van der Waals surface area contributed by atoms with E-state index in [4.69, 9.17) is 16.7 Å². The molecule has 0 radical (unpaired) electrons. The molecule has 1 aromatic carbocycles. The SMILES string of the molecule is CC(C)(CCC(=O)O)NC(=O)CCc1ccccc1Cl. The Hall–Kier alpha value is -1.55. The zero-order chi connectivity index (χ0) is 15.2. The Morgan fingerprint density at radius 1 is 1.25 bits per heavy atom. The summed E-state index contributed by atoms with van der Waals surface area (Å²) in [5, 5.41) is 12.2. The van der Waals surface area contributed by atoms with E-state index in [-0.39, 0.29) is 12.3 Å². The second kappa shape index (κ2) is 7.29. The first-order valence-corrected chi connectivity index (χ1v) is 6.94. The summed E-state index contributed by atoms with van der Waals surface area (Å²) in [5.74, 6) is -0.955. The smallest absolute Gasteiger partial charge is 0.303 e. The van der Waals surface area contributed by atoms with Gasteiger partial charge in [-0.3, -0.25) is 9.59 Å². The topological polar surface area (TPSA) is 66.4 Å². The Labute approximate surface area is 124 Å². The van der Waals surface area contributed by atoms with Crippen LogP contribution in [0.25, 0.3) is 0 Å². The summed E-state index contributed by atoms with van der Waals surface area (Å²) in [7, 11) is 0. The second-order valence-electron chi connectivity index (χ2n) is 5.42. The van der Waals surface area contributed by atoms with E-state index in [0.717, 1.165) is 5.56 Å². The van der Waals surface area contributed by atoms with Crippen LogP contribution < -0.4 is 5.32 Å². The number of nitrogens with one attached hydrogen (secondary N) is 1. The maximum absolute atomic E-state index is 11.9. The van der Waals surface area contributed by atoms with Crippen LogP contribution in [0.15, 0.2) is 24.3 Å². The van der Waals surface area contributed by atoms with Crippen LogP contribution in [0, 0.1) is 0 Å². The molecule has 5 heteroatoms. The van der Waals surface area contributed by atoms with Crippen molar-refractivity contribution in [3.05, 3.63) is 34.9 Å². The van der Waals surface area contributed by atoms with E-state index in [0.29, 0.717) is 24.3 Å². The highest BCUT2D eigenvalue weighted by Crippen LogP contribution is 2.17. The number of amides is 1. The number of carbonyl (C=O) groups is 2. The number of carboxylic acids is 1. The van der Waals surface area contributed by atoms with Gasteiger partial charge in [-0.05, 0) is 38.3 Å². The molecule has 4 nitrogen and oxygen atoms in total. The van der Waals surface area contributed by atoms with Crippen molar-refractivity contribution in [3.8, 4) is 0 Å². The van der Waals surface area contributed by atoms with Crippen LogP contribution in [-0.2, 0) is 16.0 Å². The normalized spacial score (nSPS) is 11.2. The van der Waals surface area contributed by atoms with Gasteiger partial charge in [-0.25, -0.2) is 0 Å². The number of carbonyl (C=O) groups excluding carboxylic acids is 1. The van der Waals surface area contributed by atoms with Crippen LogP contribution in [0.1, 0.15) is 38.7 Å². The summed E-state index contributed by atoms with van der Waals surface area (Å²) < 4.78 is 0. The first-order valence-electron chi connectivity index (χ1n) is 6.56. The predicted molar refractivity (Wildman–Crippen MR) is 78.9 cm³/mol. The summed E-state index contributed by atoms with van der Waals surface area (Å²) in [4.78, 5) is 22.4. The average Bonchev–Trinajstić information content (AvgIpc) is 2.35. The van der Waals surface area contributed by atoms with Gasteiger partial charge >= 0.3 is 5.97 Å². The van der Waals surface area contributed by atoms with Crippen molar-refractivity contribution in [2.75, 3.05) is 0 Å². The third-order valence-electron chi connectivity index (χ3n) is 3.02. The van der Waals surface area contributed by atoms with E-state index in [1.807, 2.05) is 32.0 Å². The Balaban J connectivity index is 2.43. The standard InChI is InChI=1S/C15H20ClNO3/c1-15(2,10-9-14(19)20)17-13(18)8-7-11-5-3-4-6-12(11)16/h3-6H,7-10H2,1-2H3,(H,17,18)(H,19,20). The molecule has 0 aliphatic rings. The minimum atomic E-state index is -0.858. The van der Waals surface area contributed by atoms with Crippen LogP contribution in [0.4, 0.5) is 0 Å². The summed E-state index contributed by atoms with van der Waals surface area (Å²) in [6.45, 7) is 3.65. The Kier molecular flexibility index (Phi) is 6.02. The fourth-order valence-electron chi connectivity index (χ4n) is 1.87. The Morgan fingerprint density at radius 3 is 2.50 bits per heavy atom. The molecule has 0 aliphatic heterocycles. The lowest BCUT2D eigenvalue weighted by Crippen LogP contribution is -2.43. The molecule has 0 fully saturated rings. The maximum Gasteiger partial charge on any atom is 0.303 e. The van der Waals surface area contributed by atoms with Crippen LogP contribution in [0.2, 0.25) is 5.02 Å². The van der Waals surface area contributed by atoms with E-state index < -0.39 is 11.5 Å². The Morgan fingerprint density at radius 2 is 1.90 bits per heavy atom. The molecule has 0 aromatic heterocycles. The van der Waals surface area contributed by atoms with Crippen LogP contribution in [-0.4, -0.2) is 22.5 Å². The van der Waals surface area contributed by atoms with Gasteiger partial charge in [0.15, 0.2) is 0 Å². The maximum atomic E-state index is 11.9. The van der Waals surface area contributed by atoms with E-state index in [1.165, 1.54) is 0 Å². The fourth-order valence-corrected chi connectivity index (χ4v) is 2.10. The molecular formula is C15H20ClNO3. The fraction of sp³-hybridized carbons (Fsp3) is 0.467. The molecular weight excluding hydrogens is 278 g/mol. The van der Waals surface area contributed by atoms with Gasteiger partial charge in [0.25, 0.3) is 0 Å². The quantitative estimate of drug-likeness (QED) is 0.813. The second-order valence-corrected chi connectivity index (χ2v) is 5.82. The highest BCUT2D eigenvalue weighted by Gasteiger charge is 2.21. The zero-order valence-electron chi connectivity index (χ0n) is 11.8. The minimum absolute atomic E-state index is 0.0395. The predicted octanol–water partition coefficient (Wildman–Crippen LogP) is 3.03. The number of aliphatic carboxylic acids is 1. The van der Waals surface area contributed by atoms with Crippen molar-refractivity contribution in [1.29, 1.82) is 0 Å². The third-order valence-corrected chi connectivity index (χ3v) is 3.39. The van der Waals surface area contributed by atoms with Crippen molar-refractivity contribution < 1.29 is 14.7 Å². The van der Waals surface area contributed by atoms with Gasteiger partial charge in [0.2, 0.25) is 5.91 Å². The van der Waals surface area contributed by atoms with Crippen LogP contribution in [0.5, 0.6) is 0 Å². The molecule has 0 saturated carbocycles. The number of halogens is 1. The number of hydrogen-bond acceptors (Lipinski definition) is 2. The number of aryl methyl sites for hydroxylation is 1. The van der Waals surface area contributed by atoms with Crippen molar-refractivity contribution in [2.45, 2.75) is 45.1 Å². The molecule has 0 atom stereocenters. The molecule has 110 valence electrons. The lowest BCUT2D eigenvalue weighted by Gasteiger charge is -2.25. The van der Waals surface area contributed by atoms with Gasteiger partial charge in [0.1, 0.15) is 0 Å². The molecule has 1 amide bonds. The summed E-state index contributed by atoms with van der Waals surface area (Å²) in [6.07, 6.45) is 1.35. The lowest BCUT2D eigenvalue weighted by molar-refractivity contribution is -0.137. The summed E-state index contributed by atoms with van der Waals surface area (Å²) >= 11 is 6.03. The molecule has 0 spiro atoms. The average molecular weight is 298 g/mol. The number of benzene rings is 1. The first-order chi connectivity index (χ1) is 9.30. The van der Waals surface area contributed by atoms with Gasteiger partial charge in [-0.2, -0.15) is 0 Å². The van der Waals surface area contributed by atoms with Gasteiger partial charge < -0.3 is 10.4 Å². The van der Waals surface area contributed by atoms with Crippen molar-refractivity contribution in [2.24, 2.45) is 0 Å². The van der Waals surface area contributed by atoms with Crippen LogP contribution in [0.3, 0.4) is 0 Å². The van der Waals surface area contributed by atoms with E-state index in [2.05, 4.69) is 5.32 Å². The van der Waals surface area contributed by atoms with Gasteiger partial charge in [-0.1, -0.05) is 29.8 Å². The van der Waals surface area contributed by atoms with Crippen molar-refractivity contribution in [3.63, 3.8) is 0 Å². The first kappa shape index (κ1) is 16.5. The lowest BCUT2D eigenvalue weighted by atomic mass is 9.98. The van der Waals surface area contributed by atoms with E-state index >= 15 is 0 Å². The molecule has 1 aromatic rings. The largest absolute Gasteiger partial charge is 0.481 e. The number of hydrogen-bond donors (Lipinski definition) is 2. The molecule has 0 saturated heterocycles.